The van der Waals surface area contributed by atoms with Crippen LogP contribution in [0.15, 0.2) is 25.4 Å². The van der Waals surface area contributed by atoms with E-state index in [4.69, 9.17) is 5.11 Å². The van der Waals surface area contributed by atoms with E-state index in [1.807, 2.05) is 0 Å². The zero-order chi connectivity index (χ0) is 7.28. The lowest BCUT2D eigenvalue weighted by Gasteiger charge is -2.08. The highest BCUT2D eigenvalue weighted by atomic mass is 35.5. The Morgan fingerprint density at radius 1 is 1.60 bits per heavy atom. The summed E-state index contributed by atoms with van der Waals surface area (Å²) in [5, 5.41) is 8.31. The van der Waals surface area contributed by atoms with Gasteiger partial charge in [0.05, 0.1) is 0 Å². The molecule has 0 atom stereocenters. The van der Waals surface area contributed by atoms with Crippen LogP contribution in [-0.4, -0.2) is 22.6 Å². The zero-order valence-corrected chi connectivity index (χ0v) is 6.30. The maximum atomic E-state index is 10.1. The standard InChI is InChI=1S/C6H9NO2.ClH/c1-3-5-7(4-2)6(8)9;/h3-4H,1-2,5H2,(H,8,9);1H. The minimum absolute atomic E-state index is 0. The van der Waals surface area contributed by atoms with Gasteiger partial charge in [0, 0.05) is 12.7 Å². The van der Waals surface area contributed by atoms with Crippen molar-refractivity contribution in [1.82, 2.24) is 4.90 Å². The van der Waals surface area contributed by atoms with E-state index in [1.165, 1.54) is 12.3 Å². The molecule has 0 aromatic rings. The van der Waals surface area contributed by atoms with E-state index in [1.54, 1.807) is 0 Å². The minimum atomic E-state index is -1.01. The predicted molar refractivity (Wildman–Crippen MR) is 42.4 cm³/mol. The first kappa shape index (κ1) is 11.8. The Kier molecular flexibility index (Phi) is 7.27. The lowest BCUT2D eigenvalue weighted by Crippen LogP contribution is -2.22. The van der Waals surface area contributed by atoms with Gasteiger partial charge in [-0.1, -0.05) is 12.7 Å². The van der Waals surface area contributed by atoms with Gasteiger partial charge in [-0.05, 0) is 0 Å². The van der Waals surface area contributed by atoms with Crippen molar-refractivity contribution in [3.05, 3.63) is 25.4 Å². The molecular weight excluding hydrogens is 154 g/mol. The van der Waals surface area contributed by atoms with Crippen LogP contribution in [0.2, 0.25) is 0 Å². The predicted octanol–water partition coefficient (Wildman–Crippen LogP) is 1.72. The normalized spacial score (nSPS) is 7.20. The largest absolute Gasteiger partial charge is 0.465 e. The molecule has 0 spiro atoms. The molecule has 0 radical (unpaired) electrons. The highest BCUT2D eigenvalue weighted by Gasteiger charge is 2.02. The van der Waals surface area contributed by atoms with E-state index in [0.29, 0.717) is 6.54 Å². The Bertz CT molecular complexity index is 136. The van der Waals surface area contributed by atoms with Gasteiger partial charge in [-0.2, -0.15) is 0 Å². The third-order valence-electron chi connectivity index (χ3n) is 0.792. The average Bonchev–Trinajstić information content (AvgIpc) is 1.82. The molecule has 58 valence electrons. The number of hydrogen-bond acceptors (Lipinski definition) is 1. The first-order valence-electron chi connectivity index (χ1n) is 2.45. The van der Waals surface area contributed by atoms with Crippen LogP contribution >= 0.6 is 12.4 Å². The maximum absolute atomic E-state index is 10.1. The molecule has 4 heteroatoms. The van der Waals surface area contributed by atoms with E-state index in [-0.39, 0.29) is 12.4 Å². The van der Waals surface area contributed by atoms with Gasteiger partial charge in [0.2, 0.25) is 0 Å². The van der Waals surface area contributed by atoms with E-state index < -0.39 is 6.09 Å². The maximum Gasteiger partial charge on any atom is 0.411 e. The SMILES string of the molecule is C=CCN(C=C)C(=O)O.Cl. The molecule has 1 N–H and O–H groups in total. The molecule has 0 aromatic heterocycles. The van der Waals surface area contributed by atoms with Crippen LogP contribution < -0.4 is 0 Å². The number of amides is 1. The van der Waals surface area contributed by atoms with Crippen molar-refractivity contribution in [2.24, 2.45) is 0 Å². The zero-order valence-electron chi connectivity index (χ0n) is 5.49. The summed E-state index contributed by atoms with van der Waals surface area (Å²) in [4.78, 5) is 11.2. The van der Waals surface area contributed by atoms with Crippen LogP contribution in [0.4, 0.5) is 4.79 Å². The first-order chi connectivity index (χ1) is 4.22. The summed E-state index contributed by atoms with van der Waals surface area (Å²) in [5.41, 5.74) is 0. The number of rotatable bonds is 3. The smallest absolute Gasteiger partial charge is 0.411 e. The molecule has 0 rings (SSSR count). The average molecular weight is 164 g/mol. The molecule has 10 heavy (non-hydrogen) atoms. The van der Waals surface area contributed by atoms with Crippen molar-refractivity contribution in [3.63, 3.8) is 0 Å². The van der Waals surface area contributed by atoms with Crippen LogP contribution in [0.1, 0.15) is 0 Å². The van der Waals surface area contributed by atoms with Crippen LogP contribution in [0, 0.1) is 0 Å². The molecule has 0 aliphatic heterocycles. The summed E-state index contributed by atoms with van der Waals surface area (Å²) >= 11 is 0. The second kappa shape index (κ2) is 6.16. The van der Waals surface area contributed by atoms with Gasteiger partial charge in [0.25, 0.3) is 0 Å². The van der Waals surface area contributed by atoms with Crippen molar-refractivity contribution in [2.45, 2.75) is 0 Å². The Morgan fingerprint density at radius 3 is 2.20 bits per heavy atom. The summed E-state index contributed by atoms with van der Waals surface area (Å²) < 4.78 is 0. The number of nitrogens with zero attached hydrogens (tertiary/aromatic N) is 1. The lowest BCUT2D eigenvalue weighted by atomic mass is 10.5. The Balaban J connectivity index is 0. The van der Waals surface area contributed by atoms with Crippen molar-refractivity contribution >= 4 is 18.5 Å². The topological polar surface area (TPSA) is 40.5 Å². The summed E-state index contributed by atoms with van der Waals surface area (Å²) in [7, 11) is 0. The van der Waals surface area contributed by atoms with E-state index in [2.05, 4.69) is 13.2 Å². The van der Waals surface area contributed by atoms with Gasteiger partial charge in [-0.3, -0.25) is 4.90 Å². The lowest BCUT2D eigenvalue weighted by molar-refractivity contribution is 0.167. The summed E-state index contributed by atoms with van der Waals surface area (Å²) in [5.74, 6) is 0. The molecule has 0 saturated carbocycles. The molecule has 0 aliphatic carbocycles. The van der Waals surface area contributed by atoms with E-state index >= 15 is 0 Å². The molecule has 0 aromatic carbocycles. The molecular formula is C6H10ClNO2. The molecule has 0 bridgehead atoms. The van der Waals surface area contributed by atoms with Gasteiger partial charge in [-0.15, -0.1) is 19.0 Å². The Morgan fingerprint density at radius 2 is 2.10 bits per heavy atom. The van der Waals surface area contributed by atoms with Crippen LogP contribution in [0.5, 0.6) is 0 Å². The second-order valence-electron chi connectivity index (χ2n) is 1.41. The second-order valence-corrected chi connectivity index (χ2v) is 1.41. The third kappa shape index (κ3) is 3.97. The van der Waals surface area contributed by atoms with Gasteiger partial charge < -0.3 is 5.11 Å². The van der Waals surface area contributed by atoms with Gasteiger partial charge in [-0.25, -0.2) is 4.79 Å². The quantitative estimate of drug-likeness (QED) is 0.644. The molecule has 0 heterocycles. The highest BCUT2D eigenvalue weighted by molar-refractivity contribution is 5.85. The first-order valence-corrected chi connectivity index (χ1v) is 2.45. The van der Waals surface area contributed by atoms with Crippen LogP contribution in [0.25, 0.3) is 0 Å². The van der Waals surface area contributed by atoms with Gasteiger partial charge in [0.15, 0.2) is 0 Å². The molecule has 0 unspecified atom stereocenters. The number of carboxylic acid groups (broad SMARTS) is 1. The molecule has 0 fully saturated rings. The molecule has 3 nitrogen and oxygen atoms in total. The number of carbonyl (C=O) groups is 1. The van der Waals surface area contributed by atoms with Gasteiger partial charge in [0.1, 0.15) is 0 Å². The van der Waals surface area contributed by atoms with Gasteiger partial charge >= 0.3 is 6.09 Å². The van der Waals surface area contributed by atoms with Crippen molar-refractivity contribution in [1.29, 1.82) is 0 Å². The minimum Gasteiger partial charge on any atom is -0.465 e. The summed E-state index contributed by atoms with van der Waals surface area (Å²) in [6.07, 6.45) is 1.73. The third-order valence-corrected chi connectivity index (χ3v) is 0.792. The number of halogens is 1. The van der Waals surface area contributed by atoms with Crippen LogP contribution in [0.3, 0.4) is 0 Å². The summed E-state index contributed by atoms with van der Waals surface area (Å²) in [6.45, 7) is 6.97. The Labute approximate surface area is 66.1 Å². The van der Waals surface area contributed by atoms with Crippen molar-refractivity contribution in [3.8, 4) is 0 Å². The Hall–Kier alpha value is -0.960. The number of hydrogen-bond donors (Lipinski definition) is 1. The highest BCUT2D eigenvalue weighted by Crippen LogP contribution is 1.87. The van der Waals surface area contributed by atoms with E-state index in [0.717, 1.165) is 4.90 Å². The van der Waals surface area contributed by atoms with Crippen molar-refractivity contribution < 1.29 is 9.90 Å². The monoisotopic (exact) mass is 163 g/mol. The molecule has 0 saturated heterocycles. The van der Waals surface area contributed by atoms with Crippen molar-refractivity contribution in [2.75, 3.05) is 6.54 Å². The summed E-state index contributed by atoms with van der Waals surface area (Å²) in [6, 6.07) is 0. The fourth-order valence-corrected chi connectivity index (χ4v) is 0.370. The fraction of sp³-hybridized carbons (Fsp3) is 0.167. The van der Waals surface area contributed by atoms with Crippen LogP contribution in [-0.2, 0) is 0 Å². The van der Waals surface area contributed by atoms with E-state index in [9.17, 15) is 4.79 Å². The molecule has 0 aliphatic rings. The molecule has 1 amide bonds. The fourth-order valence-electron chi connectivity index (χ4n) is 0.370.